The van der Waals surface area contributed by atoms with Crippen LogP contribution in [0.1, 0.15) is 62.7 Å². The summed E-state index contributed by atoms with van der Waals surface area (Å²) >= 11 is 0. The third-order valence-electron chi connectivity index (χ3n) is 5.17. The van der Waals surface area contributed by atoms with Gasteiger partial charge in [-0.2, -0.15) is 0 Å². The highest BCUT2D eigenvalue weighted by Gasteiger charge is 2.19. The van der Waals surface area contributed by atoms with Gasteiger partial charge in [0.2, 0.25) is 0 Å². The summed E-state index contributed by atoms with van der Waals surface area (Å²) in [6.07, 6.45) is 6.77. The summed E-state index contributed by atoms with van der Waals surface area (Å²) in [5.41, 5.74) is 0.327. The fraction of sp³-hybridized carbons (Fsp3) is 0.462. The number of hydrogen-bond donors (Lipinski definition) is 2. The highest BCUT2D eigenvalue weighted by Crippen LogP contribution is 2.23. The summed E-state index contributed by atoms with van der Waals surface area (Å²) in [4.78, 5) is 23.2. The van der Waals surface area contributed by atoms with Crippen molar-refractivity contribution >= 4 is 11.8 Å². The van der Waals surface area contributed by atoms with Gasteiger partial charge < -0.3 is 14.9 Å². The number of esters is 1. The number of para-hydroxylation sites is 1. The Morgan fingerprint density at radius 3 is 1.65 bits per heavy atom. The first-order valence-corrected chi connectivity index (χ1v) is 11.2. The fourth-order valence-electron chi connectivity index (χ4n) is 3.23. The molecule has 2 rings (SSSR count). The number of ether oxygens (including phenoxy) is 1. The zero-order valence-electron chi connectivity index (χ0n) is 18.7. The number of hydrogen-bond acceptors (Lipinski definition) is 5. The molecule has 0 amide bonds. The van der Waals surface area contributed by atoms with Crippen molar-refractivity contribution < 1.29 is 24.5 Å². The molecule has 0 aliphatic rings. The molecule has 0 heterocycles. The maximum atomic E-state index is 11.7. The first kappa shape index (κ1) is 26.5. The number of carbonyl (C=O) groups excluding carboxylic acids is 2. The zero-order valence-corrected chi connectivity index (χ0v) is 18.7. The van der Waals surface area contributed by atoms with Crippen LogP contribution < -0.4 is 4.74 Å². The topological polar surface area (TPSA) is 83.8 Å². The molecule has 2 atom stereocenters. The molecule has 0 bridgehead atoms. The van der Waals surface area contributed by atoms with E-state index in [-0.39, 0.29) is 13.2 Å². The van der Waals surface area contributed by atoms with Crippen LogP contribution in [0.5, 0.6) is 5.75 Å². The first-order chi connectivity index (χ1) is 15.1. The molecule has 5 nitrogen and oxygen atoms in total. The van der Waals surface area contributed by atoms with Gasteiger partial charge >= 0.3 is 5.97 Å². The molecular formula is C26H36O5. The minimum absolute atomic E-state index is 0.231. The van der Waals surface area contributed by atoms with Crippen LogP contribution in [0.3, 0.4) is 0 Å². The van der Waals surface area contributed by atoms with Crippen molar-refractivity contribution in [2.24, 2.45) is 11.8 Å². The number of aliphatic hydroxyl groups is 2. The summed E-state index contributed by atoms with van der Waals surface area (Å²) in [7, 11) is 0. The van der Waals surface area contributed by atoms with E-state index in [1.54, 1.807) is 60.7 Å². The van der Waals surface area contributed by atoms with Crippen molar-refractivity contribution in [3.8, 4) is 5.75 Å². The van der Waals surface area contributed by atoms with E-state index in [4.69, 9.17) is 4.74 Å². The third-order valence-corrected chi connectivity index (χ3v) is 5.17. The van der Waals surface area contributed by atoms with Crippen LogP contribution in [0.4, 0.5) is 0 Å². The van der Waals surface area contributed by atoms with Crippen LogP contribution in [0.15, 0.2) is 60.7 Å². The summed E-state index contributed by atoms with van der Waals surface area (Å²) in [5, 5.41) is 18.5. The molecule has 0 aromatic heterocycles. The molecule has 2 N–H and O–H groups in total. The second-order valence-corrected chi connectivity index (χ2v) is 7.57. The van der Waals surface area contributed by atoms with Gasteiger partial charge in [0.1, 0.15) is 5.75 Å². The van der Waals surface area contributed by atoms with Crippen molar-refractivity contribution in [1.82, 2.24) is 0 Å². The number of unbranched alkanes of at least 4 members (excludes halogenated alkanes) is 2. The number of Topliss-reactive ketones (excluding diaryl/α,β-unsaturated/α-hetero) is 1. The lowest BCUT2D eigenvalue weighted by molar-refractivity contribution is -0.129. The number of benzene rings is 2. The molecule has 170 valence electrons. The van der Waals surface area contributed by atoms with Crippen LogP contribution in [-0.2, 0) is 4.79 Å². The van der Waals surface area contributed by atoms with E-state index in [2.05, 4.69) is 13.8 Å². The summed E-state index contributed by atoms with van der Waals surface area (Å²) in [6, 6.07) is 16.8. The Kier molecular flexibility index (Phi) is 13.9. The Bertz CT molecular complexity index is 716. The highest BCUT2D eigenvalue weighted by atomic mass is 16.5. The zero-order chi connectivity index (χ0) is 22.9. The molecule has 0 aliphatic heterocycles. The van der Waals surface area contributed by atoms with Gasteiger partial charge in [-0.15, -0.1) is 0 Å². The minimum Gasteiger partial charge on any atom is -0.421 e. The van der Waals surface area contributed by atoms with Crippen molar-refractivity contribution in [2.45, 2.75) is 52.4 Å². The molecule has 0 fully saturated rings. The summed E-state index contributed by atoms with van der Waals surface area (Å²) in [6.45, 7) is 4.78. The molecule has 5 heteroatoms. The van der Waals surface area contributed by atoms with Gasteiger partial charge in [0.05, 0.1) is 0 Å². The molecule has 0 saturated heterocycles. The summed E-state index contributed by atoms with van der Waals surface area (Å²) < 4.78 is 4.94. The lowest BCUT2D eigenvalue weighted by atomic mass is 9.85. The van der Waals surface area contributed by atoms with Gasteiger partial charge in [0, 0.05) is 18.8 Å². The van der Waals surface area contributed by atoms with Crippen LogP contribution >= 0.6 is 0 Å². The predicted octanol–water partition coefficient (Wildman–Crippen LogP) is 5.06. The van der Waals surface area contributed by atoms with Gasteiger partial charge in [-0.1, -0.05) is 88.1 Å². The lowest BCUT2D eigenvalue weighted by Gasteiger charge is -2.23. The standard InChI is InChI=1S/C14H10O3.C12H26O2/c15-13(11-7-3-1-4-8-11)14(16)17-12-9-5-2-6-10-12;1-3-5-7-11(9-13)12(10-14)8-6-4-2/h1-10H;11-14H,3-10H2,1-2H3. The van der Waals surface area contributed by atoms with E-state index in [0.29, 0.717) is 23.1 Å². The van der Waals surface area contributed by atoms with E-state index in [9.17, 15) is 19.8 Å². The normalized spacial score (nSPS) is 12.3. The van der Waals surface area contributed by atoms with Crippen molar-refractivity contribution in [1.29, 1.82) is 0 Å². The third kappa shape index (κ3) is 10.4. The molecule has 2 aromatic rings. The second-order valence-electron chi connectivity index (χ2n) is 7.57. The second kappa shape index (κ2) is 16.2. The number of rotatable bonds is 12. The molecule has 0 radical (unpaired) electrons. The fourth-order valence-corrected chi connectivity index (χ4v) is 3.23. The Morgan fingerprint density at radius 2 is 1.23 bits per heavy atom. The van der Waals surface area contributed by atoms with E-state index >= 15 is 0 Å². The van der Waals surface area contributed by atoms with Crippen molar-refractivity contribution in [3.63, 3.8) is 0 Å². The van der Waals surface area contributed by atoms with Gasteiger partial charge in [0.25, 0.3) is 5.78 Å². The monoisotopic (exact) mass is 428 g/mol. The molecular weight excluding hydrogens is 392 g/mol. The van der Waals surface area contributed by atoms with Gasteiger partial charge in [-0.25, -0.2) is 4.79 Å². The van der Waals surface area contributed by atoms with E-state index in [0.717, 1.165) is 25.7 Å². The SMILES string of the molecule is CCCCC(CO)C(CO)CCCC.O=C(Oc1ccccc1)C(=O)c1ccccc1. The molecule has 0 aliphatic carbocycles. The number of aliphatic hydroxyl groups excluding tert-OH is 2. The van der Waals surface area contributed by atoms with Crippen LogP contribution in [-0.4, -0.2) is 35.2 Å². The average molecular weight is 429 g/mol. The Labute approximate surface area is 186 Å². The van der Waals surface area contributed by atoms with Gasteiger partial charge in [-0.3, -0.25) is 4.79 Å². The largest absolute Gasteiger partial charge is 0.421 e. The van der Waals surface area contributed by atoms with Crippen molar-refractivity contribution in [2.75, 3.05) is 13.2 Å². The molecule has 31 heavy (non-hydrogen) atoms. The molecule has 2 unspecified atom stereocenters. The first-order valence-electron chi connectivity index (χ1n) is 11.2. The molecule has 0 spiro atoms. The van der Waals surface area contributed by atoms with Crippen LogP contribution in [0, 0.1) is 11.8 Å². The Morgan fingerprint density at radius 1 is 0.774 bits per heavy atom. The van der Waals surface area contributed by atoms with Crippen LogP contribution in [0.25, 0.3) is 0 Å². The molecule has 2 aromatic carbocycles. The smallest absolute Gasteiger partial charge is 0.385 e. The van der Waals surface area contributed by atoms with E-state index in [1.165, 1.54) is 12.8 Å². The van der Waals surface area contributed by atoms with Crippen LogP contribution in [0.2, 0.25) is 0 Å². The Hall–Kier alpha value is -2.50. The quantitative estimate of drug-likeness (QED) is 0.214. The van der Waals surface area contributed by atoms with Gasteiger partial charge in [0.15, 0.2) is 0 Å². The van der Waals surface area contributed by atoms with Crippen molar-refractivity contribution in [3.05, 3.63) is 66.2 Å². The molecule has 0 saturated carbocycles. The number of carbonyl (C=O) groups is 2. The van der Waals surface area contributed by atoms with E-state index < -0.39 is 11.8 Å². The Balaban J connectivity index is 0.000000318. The maximum Gasteiger partial charge on any atom is 0.385 e. The summed E-state index contributed by atoms with van der Waals surface area (Å²) in [5.74, 6) is -0.531. The maximum absolute atomic E-state index is 11.7. The highest BCUT2D eigenvalue weighted by molar-refractivity contribution is 6.41. The average Bonchev–Trinajstić information content (AvgIpc) is 2.82. The van der Waals surface area contributed by atoms with Gasteiger partial charge in [-0.05, 0) is 36.8 Å². The minimum atomic E-state index is -0.873. The predicted molar refractivity (Wildman–Crippen MR) is 123 cm³/mol. The number of ketones is 1. The van der Waals surface area contributed by atoms with E-state index in [1.807, 2.05) is 0 Å². The lowest BCUT2D eigenvalue weighted by Crippen LogP contribution is -2.22.